The second-order valence-corrected chi connectivity index (χ2v) is 7.45. The molecular weight excluding hydrogens is 348 g/mol. The van der Waals surface area contributed by atoms with E-state index in [4.69, 9.17) is 9.72 Å². The van der Waals surface area contributed by atoms with E-state index >= 15 is 0 Å². The van der Waals surface area contributed by atoms with Gasteiger partial charge in [-0.25, -0.2) is 4.98 Å². The van der Waals surface area contributed by atoms with Crippen molar-refractivity contribution in [3.63, 3.8) is 0 Å². The fourth-order valence-electron chi connectivity index (χ4n) is 2.97. The van der Waals surface area contributed by atoms with Crippen molar-refractivity contribution in [2.45, 2.75) is 39.7 Å². The molecule has 3 aromatic rings. The molecule has 0 aliphatic heterocycles. The van der Waals surface area contributed by atoms with Gasteiger partial charge in [0, 0.05) is 29.8 Å². The summed E-state index contributed by atoms with van der Waals surface area (Å²) in [6, 6.07) is 7.65. The smallest absolute Gasteiger partial charge is 0.262 e. The first-order valence-electron chi connectivity index (χ1n) is 8.58. The van der Waals surface area contributed by atoms with Gasteiger partial charge in [0.25, 0.3) is 5.56 Å². The predicted molar refractivity (Wildman–Crippen MR) is 105 cm³/mol. The van der Waals surface area contributed by atoms with Gasteiger partial charge in [-0.1, -0.05) is 26.0 Å². The summed E-state index contributed by atoms with van der Waals surface area (Å²) in [5.41, 5.74) is 1.69. The Morgan fingerprint density at radius 2 is 2.12 bits per heavy atom. The van der Waals surface area contributed by atoms with Crippen LogP contribution in [0.15, 0.2) is 34.4 Å². The second kappa shape index (κ2) is 7.41. The molecule has 0 N–H and O–H groups in total. The maximum atomic E-state index is 13.3. The minimum Gasteiger partial charge on any atom is -0.497 e. The number of hydrogen-bond donors (Lipinski definition) is 0. The lowest BCUT2D eigenvalue weighted by Crippen LogP contribution is -2.26. The molecule has 0 amide bonds. The van der Waals surface area contributed by atoms with E-state index in [1.54, 1.807) is 11.7 Å². The lowest BCUT2D eigenvalue weighted by Gasteiger charge is -2.14. The number of aromatic nitrogens is 2. The van der Waals surface area contributed by atoms with Gasteiger partial charge in [0.1, 0.15) is 22.2 Å². The van der Waals surface area contributed by atoms with Crippen LogP contribution in [0.3, 0.4) is 0 Å². The highest BCUT2D eigenvalue weighted by Gasteiger charge is 2.19. The summed E-state index contributed by atoms with van der Waals surface area (Å²) in [5, 5.41) is 2.57. The lowest BCUT2D eigenvalue weighted by molar-refractivity contribution is -0.117. The largest absolute Gasteiger partial charge is 0.497 e. The second-order valence-electron chi connectivity index (χ2n) is 6.59. The van der Waals surface area contributed by atoms with Crippen LogP contribution in [0.2, 0.25) is 0 Å². The maximum absolute atomic E-state index is 13.3. The molecule has 0 aliphatic carbocycles. The first-order chi connectivity index (χ1) is 12.4. The number of fused-ring (bicyclic) bond motifs is 1. The SMILES string of the molecule is COc1cccc(-c2csc3nc(C(C)C)n(CCC(C)=O)c(=O)c23)c1. The Labute approximate surface area is 156 Å². The van der Waals surface area contributed by atoms with Crippen molar-refractivity contribution in [1.29, 1.82) is 0 Å². The Morgan fingerprint density at radius 3 is 2.77 bits per heavy atom. The van der Waals surface area contributed by atoms with E-state index in [9.17, 15) is 9.59 Å². The van der Waals surface area contributed by atoms with Crippen LogP contribution in [0.1, 0.15) is 38.9 Å². The molecule has 0 spiro atoms. The Balaban J connectivity index is 2.23. The maximum Gasteiger partial charge on any atom is 0.262 e. The van der Waals surface area contributed by atoms with Crippen molar-refractivity contribution >= 4 is 27.3 Å². The number of carbonyl (C=O) groups excluding carboxylic acids is 1. The monoisotopic (exact) mass is 370 g/mol. The Bertz CT molecular complexity index is 1020. The van der Waals surface area contributed by atoms with Gasteiger partial charge >= 0.3 is 0 Å². The van der Waals surface area contributed by atoms with Gasteiger partial charge in [-0.05, 0) is 24.6 Å². The number of Topliss-reactive ketones (excluding diaryl/α,β-unsaturated/α-hetero) is 1. The third-order valence-electron chi connectivity index (χ3n) is 4.31. The first-order valence-corrected chi connectivity index (χ1v) is 9.46. The molecule has 0 saturated carbocycles. The molecule has 5 nitrogen and oxygen atoms in total. The third kappa shape index (κ3) is 3.42. The van der Waals surface area contributed by atoms with Gasteiger partial charge in [0.05, 0.1) is 12.5 Å². The molecule has 0 saturated heterocycles. The van der Waals surface area contributed by atoms with E-state index in [1.807, 2.05) is 43.5 Å². The summed E-state index contributed by atoms with van der Waals surface area (Å²) in [5.74, 6) is 1.62. The average molecular weight is 370 g/mol. The number of nitrogens with zero attached hydrogens (tertiary/aromatic N) is 2. The van der Waals surface area contributed by atoms with Crippen LogP contribution in [-0.4, -0.2) is 22.4 Å². The molecule has 26 heavy (non-hydrogen) atoms. The van der Waals surface area contributed by atoms with Gasteiger partial charge < -0.3 is 4.74 Å². The number of hydrogen-bond acceptors (Lipinski definition) is 5. The highest BCUT2D eigenvalue weighted by molar-refractivity contribution is 7.17. The van der Waals surface area contributed by atoms with E-state index in [2.05, 4.69) is 0 Å². The van der Waals surface area contributed by atoms with Crippen LogP contribution >= 0.6 is 11.3 Å². The van der Waals surface area contributed by atoms with Crippen LogP contribution < -0.4 is 10.3 Å². The molecule has 0 atom stereocenters. The number of ketones is 1. The minimum atomic E-state index is -0.0842. The fraction of sp³-hybridized carbons (Fsp3) is 0.350. The highest BCUT2D eigenvalue weighted by atomic mass is 32.1. The Morgan fingerprint density at radius 1 is 1.35 bits per heavy atom. The lowest BCUT2D eigenvalue weighted by atomic mass is 10.1. The van der Waals surface area contributed by atoms with Gasteiger partial charge in [-0.15, -0.1) is 11.3 Å². The first kappa shape index (κ1) is 18.3. The van der Waals surface area contributed by atoms with E-state index in [0.29, 0.717) is 18.4 Å². The van der Waals surface area contributed by atoms with E-state index in [1.165, 1.54) is 18.3 Å². The van der Waals surface area contributed by atoms with Crippen LogP contribution in [0.4, 0.5) is 0 Å². The molecule has 6 heteroatoms. The minimum absolute atomic E-state index is 0.0602. The van der Waals surface area contributed by atoms with Crippen molar-refractivity contribution in [3.05, 3.63) is 45.8 Å². The predicted octanol–water partition coefficient (Wildman–Crippen LogP) is 4.24. The zero-order valence-corrected chi connectivity index (χ0v) is 16.2. The van der Waals surface area contributed by atoms with Crippen molar-refractivity contribution in [1.82, 2.24) is 9.55 Å². The zero-order chi connectivity index (χ0) is 18.8. The molecule has 0 radical (unpaired) electrons. The van der Waals surface area contributed by atoms with E-state index < -0.39 is 0 Å². The van der Waals surface area contributed by atoms with Gasteiger partial charge in [-0.3, -0.25) is 14.2 Å². The van der Waals surface area contributed by atoms with Crippen LogP contribution in [0, 0.1) is 0 Å². The van der Waals surface area contributed by atoms with Crippen molar-refractivity contribution in [2.24, 2.45) is 0 Å². The van der Waals surface area contributed by atoms with Crippen molar-refractivity contribution in [2.75, 3.05) is 7.11 Å². The van der Waals surface area contributed by atoms with Gasteiger partial charge in [0.2, 0.25) is 0 Å². The number of thiophene rings is 1. The number of benzene rings is 1. The van der Waals surface area contributed by atoms with E-state index in [-0.39, 0.29) is 17.3 Å². The molecule has 3 rings (SSSR count). The number of carbonyl (C=O) groups is 1. The van der Waals surface area contributed by atoms with Crippen LogP contribution in [0.5, 0.6) is 5.75 Å². The van der Waals surface area contributed by atoms with Crippen molar-refractivity contribution in [3.8, 4) is 16.9 Å². The van der Waals surface area contributed by atoms with Crippen LogP contribution in [0.25, 0.3) is 21.3 Å². The molecule has 0 bridgehead atoms. The summed E-state index contributed by atoms with van der Waals surface area (Å²) in [6.07, 6.45) is 0.325. The highest BCUT2D eigenvalue weighted by Crippen LogP contribution is 2.33. The Kier molecular flexibility index (Phi) is 5.23. The van der Waals surface area contributed by atoms with Crippen LogP contribution in [-0.2, 0) is 11.3 Å². The summed E-state index contributed by atoms with van der Waals surface area (Å²) >= 11 is 1.47. The normalized spacial score (nSPS) is 11.3. The molecule has 2 heterocycles. The van der Waals surface area contributed by atoms with Gasteiger partial charge in [-0.2, -0.15) is 0 Å². The molecule has 0 unspecified atom stereocenters. The molecule has 1 aromatic carbocycles. The number of ether oxygens (including phenoxy) is 1. The standard InChI is InChI=1S/C20H22N2O3S/c1-12(2)18-21-19-17(20(24)22(18)9-8-13(3)23)16(11-26-19)14-6-5-7-15(10-14)25-4/h5-7,10-12H,8-9H2,1-4H3. The molecule has 0 aliphatic rings. The van der Waals surface area contributed by atoms with E-state index in [0.717, 1.165) is 27.5 Å². The zero-order valence-electron chi connectivity index (χ0n) is 15.4. The third-order valence-corrected chi connectivity index (χ3v) is 5.18. The quantitative estimate of drug-likeness (QED) is 0.651. The summed E-state index contributed by atoms with van der Waals surface area (Å²) in [4.78, 5) is 30.2. The number of rotatable bonds is 6. The molecular formula is C20H22N2O3S. The number of methoxy groups -OCH3 is 1. The molecule has 0 fully saturated rings. The summed E-state index contributed by atoms with van der Waals surface area (Å²) < 4.78 is 6.96. The molecule has 2 aromatic heterocycles. The van der Waals surface area contributed by atoms with Crippen molar-refractivity contribution < 1.29 is 9.53 Å². The average Bonchev–Trinajstić information content (AvgIpc) is 3.04. The fourth-order valence-corrected chi connectivity index (χ4v) is 3.91. The Hall–Kier alpha value is -2.47. The van der Waals surface area contributed by atoms with Gasteiger partial charge in [0.15, 0.2) is 0 Å². The summed E-state index contributed by atoms with van der Waals surface area (Å²) in [7, 11) is 1.62. The topological polar surface area (TPSA) is 61.2 Å². The summed E-state index contributed by atoms with van der Waals surface area (Å²) in [6.45, 7) is 5.92. The molecule has 136 valence electrons.